The minimum absolute atomic E-state index is 0.845. The average molecular weight is 193 g/mol. The van der Waals surface area contributed by atoms with Gasteiger partial charge in [0, 0.05) is 10.9 Å². The standard InChI is InChI=1S/C11H15NS/c1-5-8(4)9-6-13-11(12)10(9)7(2)3/h6H,2,4-5,12H2,1,3H3. The Hall–Kier alpha value is -1.02. The number of rotatable bonds is 3. The molecule has 0 fully saturated rings. The minimum Gasteiger partial charge on any atom is -0.390 e. The molecule has 0 aromatic carbocycles. The molecule has 0 radical (unpaired) electrons. The zero-order valence-corrected chi connectivity index (χ0v) is 9.00. The molecule has 1 nitrogen and oxygen atoms in total. The summed E-state index contributed by atoms with van der Waals surface area (Å²) < 4.78 is 0. The van der Waals surface area contributed by atoms with Crippen LogP contribution in [0.4, 0.5) is 5.00 Å². The second kappa shape index (κ2) is 3.79. The molecule has 2 heteroatoms. The second-order valence-corrected chi connectivity index (χ2v) is 4.04. The van der Waals surface area contributed by atoms with Gasteiger partial charge in [0.2, 0.25) is 0 Å². The van der Waals surface area contributed by atoms with E-state index in [0.717, 1.165) is 33.7 Å². The van der Waals surface area contributed by atoms with Crippen LogP contribution in [0, 0.1) is 0 Å². The molecule has 0 unspecified atom stereocenters. The van der Waals surface area contributed by atoms with Crippen molar-refractivity contribution in [3.63, 3.8) is 0 Å². The van der Waals surface area contributed by atoms with E-state index >= 15 is 0 Å². The first kappa shape index (κ1) is 10.1. The highest BCUT2D eigenvalue weighted by molar-refractivity contribution is 7.14. The first-order valence-corrected chi connectivity index (χ1v) is 5.16. The molecule has 0 spiro atoms. The number of anilines is 1. The van der Waals surface area contributed by atoms with Gasteiger partial charge in [-0.15, -0.1) is 11.3 Å². The lowest BCUT2D eigenvalue weighted by molar-refractivity contribution is 1.25. The molecule has 0 saturated carbocycles. The fourth-order valence-corrected chi connectivity index (χ4v) is 2.20. The third kappa shape index (κ3) is 1.83. The molecule has 70 valence electrons. The Bertz CT molecular complexity index is 347. The average Bonchev–Trinajstić information content (AvgIpc) is 2.45. The summed E-state index contributed by atoms with van der Waals surface area (Å²) in [5.74, 6) is 0. The molecule has 0 aliphatic carbocycles. The largest absolute Gasteiger partial charge is 0.390 e. The molecule has 0 aliphatic rings. The maximum absolute atomic E-state index is 5.85. The number of hydrogen-bond acceptors (Lipinski definition) is 2. The van der Waals surface area contributed by atoms with Gasteiger partial charge in [-0.2, -0.15) is 0 Å². The van der Waals surface area contributed by atoms with Crippen LogP contribution in [0.2, 0.25) is 0 Å². The number of nitrogen functional groups attached to an aromatic ring is 1. The van der Waals surface area contributed by atoms with Crippen molar-refractivity contribution >= 4 is 27.5 Å². The van der Waals surface area contributed by atoms with Gasteiger partial charge in [-0.1, -0.05) is 20.1 Å². The van der Waals surface area contributed by atoms with Crippen LogP contribution in [0.15, 0.2) is 18.5 Å². The molecule has 0 aliphatic heterocycles. The number of nitrogens with two attached hydrogens (primary N) is 1. The van der Waals surface area contributed by atoms with Crippen LogP contribution >= 0.6 is 11.3 Å². The molecule has 0 atom stereocenters. The van der Waals surface area contributed by atoms with Crippen molar-refractivity contribution in [1.82, 2.24) is 0 Å². The Morgan fingerprint density at radius 3 is 2.62 bits per heavy atom. The number of thiophene rings is 1. The monoisotopic (exact) mass is 193 g/mol. The second-order valence-electron chi connectivity index (χ2n) is 3.13. The Balaban J connectivity index is 3.22. The SMILES string of the molecule is C=C(CC)c1csc(N)c1C(=C)C. The van der Waals surface area contributed by atoms with E-state index in [1.54, 1.807) is 11.3 Å². The smallest absolute Gasteiger partial charge is 0.0938 e. The van der Waals surface area contributed by atoms with E-state index in [-0.39, 0.29) is 0 Å². The first-order chi connectivity index (χ1) is 6.07. The molecular weight excluding hydrogens is 178 g/mol. The van der Waals surface area contributed by atoms with Gasteiger partial charge >= 0.3 is 0 Å². The van der Waals surface area contributed by atoms with Gasteiger partial charge in [0.25, 0.3) is 0 Å². The van der Waals surface area contributed by atoms with Crippen molar-refractivity contribution in [2.75, 3.05) is 5.73 Å². The predicted molar refractivity (Wildman–Crippen MR) is 62.8 cm³/mol. The van der Waals surface area contributed by atoms with Crippen molar-refractivity contribution in [3.05, 3.63) is 29.7 Å². The summed E-state index contributed by atoms with van der Waals surface area (Å²) in [4.78, 5) is 0. The third-order valence-electron chi connectivity index (χ3n) is 2.05. The third-order valence-corrected chi connectivity index (χ3v) is 2.87. The van der Waals surface area contributed by atoms with Gasteiger partial charge in [-0.25, -0.2) is 0 Å². The molecule has 1 heterocycles. The Morgan fingerprint density at radius 2 is 2.15 bits per heavy atom. The Labute approximate surface area is 83.6 Å². The van der Waals surface area contributed by atoms with E-state index in [1.165, 1.54) is 0 Å². The van der Waals surface area contributed by atoms with Crippen LogP contribution in [-0.2, 0) is 0 Å². The fourth-order valence-electron chi connectivity index (χ4n) is 1.26. The van der Waals surface area contributed by atoms with Gasteiger partial charge in [-0.3, -0.25) is 0 Å². The zero-order chi connectivity index (χ0) is 10.0. The van der Waals surface area contributed by atoms with Crippen molar-refractivity contribution < 1.29 is 0 Å². The quantitative estimate of drug-likeness (QED) is 0.776. The van der Waals surface area contributed by atoms with E-state index in [2.05, 4.69) is 25.5 Å². The molecule has 1 rings (SSSR count). The van der Waals surface area contributed by atoms with Crippen LogP contribution in [0.25, 0.3) is 11.1 Å². The molecule has 0 saturated heterocycles. The maximum Gasteiger partial charge on any atom is 0.0938 e. The van der Waals surface area contributed by atoms with Crippen molar-refractivity contribution in [2.24, 2.45) is 0 Å². The van der Waals surface area contributed by atoms with Crippen LogP contribution in [0.3, 0.4) is 0 Å². The highest BCUT2D eigenvalue weighted by Gasteiger charge is 2.11. The number of allylic oxidation sites excluding steroid dienone is 2. The molecular formula is C11H15NS. The molecule has 13 heavy (non-hydrogen) atoms. The van der Waals surface area contributed by atoms with E-state index in [9.17, 15) is 0 Å². The summed E-state index contributed by atoms with van der Waals surface area (Å²) >= 11 is 1.56. The molecule has 1 aromatic heterocycles. The fraction of sp³-hybridized carbons (Fsp3) is 0.273. The highest BCUT2D eigenvalue weighted by atomic mass is 32.1. The minimum atomic E-state index is 0.845. The van der Waals surface area contributed by atoms with E-state index in [4.69, 9.17) is 5.73 Å². The molecule has 0 amide bonds. The summed E-state index contributed by atoms with van der Waals surface area (Å²) in [7, 11) is 0. The van der Waals surface area contributed by atoms with Gasteiger partial charge in [-0.05, 0) is 30.1 Å². The van der Waals surface area contributed by atoms with Gasteiger partial charge < -0.3 is 5.73 Å². The zero-order valence-electron chi connectivity index (χ0n) is 8.18. The Morgan fingerprint density at radius 1 is 1.54 bits per heavy atom. The molecule has 1 aromatic rings. The molecule has 0 bridgehead atoms. The van der Waals surface area contributed by atoms with Crippen LogP contribution < -0.4 is 5.73 Å². The van der Waals surface area contributed by atoms with Crippen molar-refractivity contribution in [2.45, 2.75) is 20.3 Å². The highest BCUT2D eigenvalue weighted by Crippen LogP contribution is 2.35. The summed E-state index contributed by atoms with van der Waals surface area (Å²) in [6, 6.07) is 0. The van der Waals surface area contributed by atoms with Crippen molar-refractivity contribution in [1.29, 1.82) is 0 Å². The summed E-state index contributed by atoms with van der Waals surface area (Å²) in [5.41, 5.74) is 10.2. The van der Waals surface area contributed by atoms with Crippen LogP contribution in [-0.4, -0.2) is 0 Å². The van der Waals surface area contributed by atoms with Gasteiger partial charge in [0.1, 0.15) is 0 Å². The first-order valence-electron chi connectivity index (χ1n) is 4.28. The van der Waals surface area contributed by atoms with Crippen LogP contribution in [0.5, 0.6) is 0 Å². The topological polar surface area (TPSA) is 26.0 Å². The molecule has 2 N–H and O–H groups in total. The summed E-state index contributed by atoms with van der Waals surface area (Å²) in [5, 5.41) is 2.91. The lowest BCUT2D eigenvalue weighted by Crippen LogP contribution is -1.89. The van der Waals surface area contributed by atoms with E-state index in [1.807, 2.05) is 6.92 Å². The van der Waals surface area contributed by atoms with E-state index in [0.29, 0.717) is 0 Å². The number of hydrogen-bond donors (Lipinski definition) is 1. The summed E-state index contributed by atoms with van der Waals surface area (Å²) in [6.07, 6.45) is 0.955. The van der Waals surface area contributed by atoms with Gasteiger partial charge in [0.05, 0.1) is 5.00 Å². The van der Waals surface area contributed by atoms with Crippen LogP contribution in [0.1, 0.15) is 31.4 Å². The Kier molecular flexibility index (Phi) is 2.94. The predicted octanol–water partition coefficient (Wildman–Crippen LogP) is 3.79. The lowest BCUT2D eigenvalue weighted by atomic mass is 10.00. The normalized spacial score (nSPS) is 10.0. The van der Waals surface area contributed by atoms with E-state index < -0.39 is 0 Å². The lowest BCUT2D eigenvalue weighted by Gasteiger charge is -2.05. The summed E-state index contributed by atoms with van der Waals surface area (Å²) in [6.45, 7) is 12.0. The maximum atomic E-state index is 5.85. The van der Waals surface area contributed by atoms with Gasteiger partial charge in [0.15, 0.2) is 0 Å². The van der Waals surface area contributed by atoms with Crippen molar-refractivity contribution in [3.8, 4) is 0 Å².